The van der Waals surface area contributed by atoms with Crippen molar-refractivity contribution in [1.29, 1.82) is 0 Å². The lowest BCUT2D eigenvalue weighted by atomic mass is 9.96. The first-order chi connectivity index (χ1) is 14.7. The number of thiophene rings is 1. The average molecular weight is 438 g/mol. The predicted molar refractivity (Wildman–Crippen MR) is 129 cm³/mol. The summed E-state index contributed by atoms with van der Waals surface area (Å²) in [5, 5.41) is 1.20. The first-order valence-corrected chi connectivity index (χ1v) is 11.5. The van der Waals surface area contributed by atoms with Crippen LogP contribution in [0.15, 0.2) is 48.6 Å². The number of aryl methyl sites for hydroxylation is 2. The van der Waals surface area contributed by atoms with E-state index in [0.29, 0.717) is 12.2 Å². The van der Waals surface area contributed by atoms with Gasteiger partial charge >= 0.3 is 5.97 Å². The molecule has 5 heteroatoms. The van der Waals surface area contributed by atoms with Crippen molar-refractivity contribution in [3.05, 3.63) is 59.9 Å². The number of ether oxygens (including phenoxy) is 2. The van der Waals surface area contributed by atoms with Crippen molar-refractivity contribution >= 4 is 27.4 Å². The Labute approximate surface area is 188 Å². The van der Waals surface area contributed by atoms with Crippen LogP contribution in [-0.2, 0) is 22.4 Å². The van der Waals surface area contributed by atoms with Crippen LogP contribution in [0.5, 0.6) is 5.75 Å². The van der Waals surface area contributed by atoms with Crippen LogP contribution < -0.4 is 4.74 Å². The van der Waals surface area contributed by atoms with Gasteiger partial charge < -0.3 is 9.47 Å². The molecule has 1 aromatic carbocycles. The van der Waals surface area contributed by atoms with Crippen LogP contribution in [-0.4, -0.2) is 24.2 Å². The molecular formula is C26H31NO3S. The summed E-state index contributed by atoms with van der Waals surface area (Å²) in [5.74, 6) is 0.448. The van der Waals surface area contributed by atoms with E-state index in [0.717, 1.165) is 30.0 Å². The van der Waals surface area contributed by atoms with Gasteiger partial charge in [-0.05, 0) is 61.5 Å². The monoisotopic (exact) mass is 437 g/mol. The van der Waals surface area contributed by atoms with Gasteiger partial charge in [0.25, 0.3) is 0 Å². The van der Waals surface area contributed by atoms with Crippen molar-refractivity contribution in [2.75, 3.05) is 13.2 Å². The molecule has 3 aromatic rings. The van der Waals surface area contributed by atoms with E-state index in [2.05, 4.69) is 50.8 Å². The van der Waals surface area contributed by atoms with Gasteiger partial charge in [0.1, 0.15) is 5.75 Å². The summed E-state index contributed by atoms with van der Waals surface area (Å²) in [6.07, 6.45) is 1.86. The molecule has 0 spiro atoms. The van der Waals surface area contributed by atoms with Gasteiger partial charge in [0.15, 0.2) is 0 Å². The van der Waals surface area contributed by atoms with E-state index < -0.39 is 0 Å². The van der Waals surface area contributed by atoms with Gasteiger partial charge in [0.05, 0.1) is 13.2 Å². The van der Waals surface area contributed by atoms with Crippen molar-refractivity contribution in [2.45, 2.75) is 47.5 Å². The van der Waals surface area contributed by atoms with E-state index >= 15 is 0 Å². The lowest BCUT2D eigenvalue weighted by Gasteiger charge is -2.24. The van der Waals surface area contributed by atoms with Crippen LogP contribution in [0.2, 0.25) is 0 Å². The molecule has 0 amide bonds. The predicted octanol–water partition coefficient (Wildman–Crippen LogP) is 6.61. The van der Waals surface area contributed by atoms with Crippen LogP contribution in [0.25, 0.3) is 20.5 Å². The number of esters is 1. The number of rotatable bonds is 9. The lowest BCUT2D eigenvalue weighted by Crippen LogP contribution is -2.28. The number of fused-ring (bicyclic) bond motifs is 1. The quantitative estimate of drug-likeness (QED) is 0.279. The molecule has 0 saturated heterocycles. The first-order valence-electron chi connectivity index (χ1n) is 10.7. The zero-order valence-electron chi connectivity index (χ0n) is 19.1. The summed E-state index contributed by atoms with van der Waals surface area (Å²) >= 11 is 1.76. The molecule has 0 atom stereocenters. The zero-order valence-corrected chi connectivity index (χ0v) is 19.9. The Morgan fingerprint density at radius 3 is 2.55 bits per heavy atom. The highest BCUT2D eigenvalue weighted by molar-refractivity contribution is 7.22. The van der Waals surface area contributed by atoms with Gasteiger partial charge in [0.2, 0.25) is 0 Å². The highest BCUT2D eigenvalue weighted by Crippen LogP contribution is 2.37. The van der Waals surface area contributed by atoms with Crippen molar-refractivity contribution in [2.24, 2.45) is 5.41 Å². The first kappa shape index (κ1) is 23.0. The molecule has 0 aliphatic heterocycles. The molecule has 0 radical (unpaired) electrons. The Morgan fingerprint density at radius 1 is 1.10 bits per heavy atom. The van der Waals surface area contributed by atoms with E-state index in [4.69, 9.17) is 14.5 Å². The molecule has 0 bridgehead atoms. The van der Waals surface area contributed by atoms with E-state index in [1.165, 1.54) is 20.5 Å². The van der Waals surface area contributed by atoms with Gasteiger partial charge in [-0.2, -0.15) is 0 Å². The second-order valence-electron chi connectivity index (χ2n) is 8.62. The molecule has 0 saturated carbocycles. The van der Waals surface area contributed by atoms with Gasteiger partial charge in [0, 0.05) is 37.5 Å². The van der Waals surface area contributed by atoms with Crippen LogP contribution in [0.3, 0.4) is 0 Å². The van der Waals surface area contributed by atoms with Crippen molar-refractivity contribution in [3.63, 3.8) is 0 Å². The number of nitrogens with zero attached hydrogens (tertiary/aromatic N) is 1. The molecular weight excluding hydrogens is 406 g/mol. The molecule has 3 rings (SSSR count). The molecule has 0 fully saturated rings. The fraction of sp³-hybridized carbons (Fsp3) is 0.385. The molecule has 0 aliphatic rings. The summed E-state index contributed by atoms with van der Waals surface area (Å²) in [5.41, 5.74) is 3.59. The Kier molecular flexibility index (Phi) is 7.16. The van der Waals surface area contributed by atoms with E-state index in [-0.39, 0.29) is 18.0 Å². The highest BCUT2D eigenvalue weighted by Gasteiger charge is 2.22. The zero-order chi connectivity index (χ0) is 22.6. The number of carbonyl (C=O) groups is 1. The maximum atomic E-state index is 11.6. The third-order valence-corrected chi connectivity index (χ3v) is 6.19. The van der Waals surface area contributed by atoms with Gasteiger partial charge in [-0.3, -0.25) is 4.98 Å². The number of aromatic nitrogens is 1. The molecule has 0 unspecified atom stereocenters. The topological polar surface area (TPSA) is 48.4 Å². The minimum atomic E-state index is -0.367. The van der Waals surface area contributed by atoms with Crippen LogP contribution in [0.4, 0.5) is 0 Å². The summed E-state index contributed by atoms with van der Waals surface area (Å²) in [6, 6.07) is 12.7. The van der Waals surface area contributed by atoms with Gasteiger partial charge in [-0.25, -0.2) is 4.79 Å². The Bertz CT molecular complexity index is 1100. The Morgan fingerprint density at radius 2 is 1.87 bits per heavy atom. The van der Waals surface area contributed by atoms with E-state index in [1.807, 2.05) is 19.9 Å². The molecule has 31 heavy (non-hydrogen) atoms. The Hall–Kier alpha value is -2.66. The number of hydrogen-bond acceptors (Lipinski definition) is 5. The van der Waals surface area contributed by atoms with Crippen molar-refractivity contribution in [1.82, 2.24) is 4.98 Å². The fourth-order valence-electron chi connectivity index (χ4n) is 3.18. The minimum Gasteiger partial charge on any atom is -0.493 e. The molecule has 2 aromatic heterocycles. The average Bonchev–Trinajstić information content (AvgIpc) is 3.18. The third kappa shape index (κ3) is 5.73. The van der Waals surface area contributed by atoms with Crippen LogP contribution >= 0.6 is 11.3 Å². The maximum Gasteiger partial charge on any atom is 0.333 e. The summed E-state index contributed by atoms with van der Waals surface area (Å²) in [6.45, 7) is 14.3. The van der Waals surface area contributed by atoms with Crippen LogP contribution in [0.1, 0.15) is 46.0 Å². The molecule has 0 aliphatic carbocycles. The van der Waals surface area contributed by atoms with E-state index in [9.17, 15) is 4.79 Å². The van der Waals surface area contributed by atoms with Gasteiger partial charge in [-0.1, -0.05) is 34.3 Å². The van der Waals surface area contributed by atoms with E-state index in [1.54, 1.807) is 18.3 Å². The maximum absolute atomic E-state index is 11.6. The second kappa shape index (κ2) is 9.65. The number of benzene rings is 1. The molecule has 2 heterocycles. The second-order valence-corrected chi connectivity index (χ2v) is 9.71. The SMILES string of the molecule is C=C(C)C(=O)OCC(C)(C)COc1ccc2cc(-c3ccc(CC)nc3CC)sc2c1. The lowest BCUT2D eigenvalue weighted by molar-refractivity contribution is -0.142. The third-order valence-electron chi connectivity index (χ3n) is 5.06. The number of pyridine rings is 1. The Balaban J connectivity index is 1.74. The molecule has 4 nitrogen and oxygen atoms in total. The standard InChI is InChI=1S/C26H31NO3S/c1-7-19-10-12-21(22(8-2)27-19)24-13-18-9-11-20(14-23(18)31-24)29-15-26(5,6)16-30-25(28)17(3)4/h9-14H,3,7-8,15-16H2,1-2,4-6H3. The summed E-state index contributed by atoms with van der Waals surface area (Å²) < 4.78 is 12.5. The number of carbonyl (C=O) groups excluding carboxylic acids is 1. The summed E-state index contributed by atoms with van der Waals surface area (Å²) in [7, 11) is 0. The molecule has 0 N–H and O–H groups in total. The normalized spacial score (nSPS) is 11.5. The summed E-state index contributed by atoms with van der Waals surface area (Å²) in [4.78, 5) is 17.7. The van der Waals surface area contributed by atoms with Gasteiger partial charge in [-0.15, -0.1) is 11.3 Å². The van der Waals surface area contributed by atoms with Crippen molar-refractivity contribution < 1.29 is 14.3 Å². The minimum absolute atomic E-state index is 0.282. The molecule has 164 valence electrons. The number of hydrogen-bond donors (Lipinski definition) is 0. The highest BCUT2D eigenvalue weighted by atomic mass is 32.1. The smallest absolute Gasteiger partial charge is 0.333 e. The van der Waals surface area contributed by atoms with Crippen molar-refractivity contribution in [3.8, 4) is 16.2 Å². The fourth-order valence-corrected chi connectivity index (χ4v) is 4.31. The largest absolute Gasteiger partial charge is 0.493 e. The van der Waals surface area contributed by atoms with Crippen LogP contribution in [0, 0.1) is 5.41 Å².